The Morgan fingerprint density at radius 1 is 0.789 bits per heavy atom. The van der Waals surface area contributed by atoms with Crippen LogP contribution in [0.1, 0.15) is 0 Å². The Hall–Kier alpha value is 0.135. The molecule has 0 atom stereocenters. The second kappa shape index (κ2) is 7.80. The van der Waals surface area contributed by atoms with Gasteiger partial charge in [-0.15, -0.1) is 0 Å². The standard InChI is InChI=1S/C3H9O8Si8/c1-19(2,3)11-13(5)15(7)17(9)18(10)16(8)14(6)12-4/h1-3H3. The molecule has 0 aromatic heterocycles. The highest BCUT2D eigenvalue weighted by atomic mass is 30.0. The number of hydrogen-bond acceptors (Lipinski definition) is 8. The van der Waals surface area contributed by atoms with Gasteiger partial charge in [-0.05, 0) is 19.6 Å². The van der Waals surface area contributed by atoms with Crippen molar-refractivity contribution in [3.8, 4) is 0 Å². The van der Waals surface area contributed by atoms with Gasteiger partial charge in [0.1, 0.15) is 0 Å². The highest BCUT2D eigenvalue weighted by Gasteiger charge is 2.47. The monoisotopic (exact) mass is 397 g/mol. The molecule has 8 nitrogen and oxygen atoms in total. The van der Waals surface area contributed by atoms with Crippen LogP contribution in [-0.2, 0) is 35.3 Å². The maximum atomic E-state index is 11.7. The second-order valence-electron chi connectivity index (χ2n) is 4.25. The lowest BCUT2D eigenvalue weighted by molar-refractivity contribution is 0.462. The Labute approximate surface area is 119 Å². The SMILES string of the molecule is C[Si](C)(C)O[Si](=O)[Si](=O)[Si](=O)[Si](=O)[Si](=O)[Si](=O)[Si]=O. The van der Waals surface area contributed by atoms with Crippen molar-refractivity contribution in [2.24, 2.45) is 0 Å². The summed E-state index contributed by atoms with van der Waals surface area (Å²) in [6, 6.07) is 0. The van der Waals surface area contributed by atoms with E-state index in [0.717, 1.165) is 0 Å². The molecule has 0 aliphatic rings. The van der Waals surface area contributed by atoms with E-state index in [4.69, 9.17) is 4.12 Å². The van der Waals surface area contributed by atoms with Crippen LogP contribution < -0.4 is 0 Å². The molecule has 0 unspecified atom stereocenters. The Morgan fingerprint density at radius 2 is 1.21 bits per heavy atom. The average molecular weight is 398 g/mol. The molecule has 0 spiro atoms. The van der Waals surface area contributed by atoms with Gasteiger partial charge in [-0.25, -0.2) is 0 Å². The topological polar surface area (TPSA) is 129 Å². The maximum Gasteiger partial charge on any atom is 0.532 e. The molecule has 16 heteroatoms. The molecule has 0 N–H and O–H groups in total. The number of rotatable bonds is 8. The van der Waals surface area contributed by atoms with Crippen molar-refractivity contribution >= 4 is 64.3 Å². The van der Waals surface area contributed by atoms with Gasteiger partial charge in [0.05, 0.1) is 0 Å². The van der Waals surface area contributed by atoms with E-state index in [2.05, 4.69) is 0 Å². The lowest BCUT2D eigenvalue weighted by Crippen LogP contribution is -2.49. The van der Waals surface area contributed by atoms with Gasteiger partial charge in [0.25, 0.3) is 0 Å². The van der Waals surface area contributed by atoms with E-state index in [1.807, 2.05) is 0 Å². The van der Waals surface area contributed by atoms with Crippen LogP contribution in [0.2, 0.25) is 19.6 Å². The molecule has 0 rings (SSSR count). The Morgan fingerprint density at radius 3 is 1.58 bits per heavy atom. The summed E-state index contributed by atoms with van der Waals surface area (Å²) in [6.07, 6.45) is 0. The minimum atomic E-state index is -3.38. The quantitative estimate of drug-likeness (QED) is 0.422. The summed E-state index contributed by atoms with van der Waals surface area (Å²) in [4.78, 5) is 0. The fraction of sp³-hybridized carbons (Fsp3) is 1.00. The van der Waals surface area contributed by atoms with Gasteiger partial charge in [0.2, 0.25) is 8.32 Å². The minimum absolute atomic E-state index is 1.38. The smallest absolute Gasteiger partial charge is 0.532 e. The summed E-state index contributed by atoms with van der Waals surface area (Å²) >= 11 is 0. The predicted octanol–water partition coefficient (Wildman–Crippen LogP) is -2.19. The first-order chi connectivity index (χ1) is 8.51. The van der Waals surface area contributed by atoms with Crippen LogP contribution in [0.5, 0.6) is 0 Å². The van der Waals surface area contributed by atoms with Gasteiger partial charge in [-0.2, -0.15) is 0 Å². The van der Waals surface area contributed by atoms with E-state index >= 15 is 0 Å². The first-order valence-corrected chi connectivity index (χ1v) is 23.5. The van der Waals surface area contributed by atoms with Gasteiger partial charge in [-0.1, -0.05) is 0 Å². The molecule has 0 aromatic carbocycles. The highest BCUT2D eigenvalue weighted by molar-refractivity contribution is 7.69. The molecule has 0 aromatic rings. The van der Waals surface area contributed by atoms with Crippen molar-refractivity contribution < 1.29 is 35.3 Å². The van der Waals surface area contributed by atoms with Crippen LogP contribution in [-0.4, -0.2) is 64.3 Å². The third-order valence-electron chi connectivity index (χ3n) is 1.50. The molecule has 0 fully saturated rings. The molecule has 0 aliphatic carbocycles. The Kier molecular flexibility index (Phi) is 7.85. The Balaban J connectivity index is 4.94. The summed E-state index contributed by atoms with van der Waals surface area (Å²) < 4.78 is 84.2. The summed E-state index contributed by atoms with van der Waals surface area (Å²) in [5.41, 5.74) is 0. The third-order valence-corrected chi connectivity index (χ3v) is 42.5. The van der Waals surface area contributed by atoms with Crippen LogP contribution in [0.3, 0.4) is 0 Å². The fourth-order valence-corrected chi connectivity index (χ4v) is 52.6. The largest absolute Gasteiger partial charge is 0.578 e. The van der Waals surface area contributed by atoms with Crippen LogP contribution in [0.15, 0.2) is 0 Å². The van der Waals surface area contributed by atoms with Crippen molar-refractivity contribution in [3.05, 3.63) is 0 Å². The number of hydrogen-bond donors (Lipinski definition) is 0. The van der Waals surface area contributed by atoms with Crippen LogP contribution in [0.25, 0.3) is 0 Å². The van der Waals surface area contributed by atoms with Gasteiger partial charge >= 0.3 is 56.0 Å². The highest BCUT2D eigenvalue weighted by Crippen LogP contribution is 2.01. The van der Waals surface area contributed by atoms with E-state index in [1.54, 1.807) is 19.6 Å². The second-order valence-corrected chi connectivity index (χ2v) is 36.3. The van der Waals surface area contributed by atoms with E-state index in [0.29, 0.717) is 0 Å². The van der Waals surface area contributed by atoms with E-state index in [9.17, 15) is 31.2 Å². The molecular weight excluding hydrogens is 389 g/mol. The molecule has 0 bridgehead atoms. The van der Waals surface area contributed by atoms with Crippen LogP contribution in [0, 0.1) is 0 Å². The van der Waals surface area contributed by atoms with Gasteiger partial charge < -0.3 is 35.3 Å². The predicted molar refractivity (Wildman–Crippen MR) is 69.5 cm³/mol. The molecular formula is C3H9O8Si8. The van der Waals surface area contributed by atoms with Crippen LogP contribution >= 0.6 is 0 Å². The molecule has 0 saturated carbocycles. The fourth-order valence-electron chi connectivity index (χ4n) is 0.773. The lowest BCUT2D eigenvalue weighted by atomic mass is 11.8. The van der Waals surface area contributed by atoms with Crippen molar-refractivity contribution in [2.75, 3.05) is 0 Å². The van der Waals surface area contributed by atoms with Gasteiger partial charge in [0.15, 0.2) is 0 Å². The molecule has 101 valence electrons. The average Bonchev–Trinajstić information content (AvgIpc) is 2.31. The zero-order chi connectivity index (χ0) is 15.4. The van der Waals surface area contributed by atoms with Crippen molar-refractivity contribution in [3.63, 3.8) is 0 Å². The van der Waals surface area contributed by atoms with E-state index in [1.165, 1.54) is 0 Å². The first kappa shape index (κ1) is 19.1. The summed E-state index contributed by atoms with van der Waals surface area (Å²) in [7, 11) is -23.1. The minimum Gasteiger partial charge on any atom is -0.578 e. The molecule has 19 heavy (non-hydrogen) atoms. The molecule has 0 amide bonds. The summed E-state index contributed by atoms with van der Waals surface area (Å²) in [5.74, 6) is 0. The van der Waals surface area contributed by atoms with E-state index < -0.39 is 64.3 Å². The zero-order valence-corrected chi connectivity index (χ0v) is 18.3. The Bertz CT molecular complexity index is 501. The van der Waals surface area contributed by atoms with Crippen molar-refractivity contribution in [1.29, 1.82) is 0 Å². The normalized spacial score (nSPS) is 10.3. The summed E-state index contributed by atoms with van der Waals surface area (Å²) in [5, 5.41) is 0. The third kappa shape index (κ3) is 6.41. The van der Waals surface area contributed by atoms with E-state index in [-0.39, 0.29) is 0 Å². The van der Waals surface area contributed by atoms with Crippen molar-refractivity contribution in [1.82, 2.24) is 0 Å². The maximum absolute atomic E-state index is 11.7. The van der Waals surface area contributed by atoms with Crippen molar-refractivity contribution in [2.45, 2.75) is 19.6 Å². The molecule has 0 heterocycles. The lowest BCUT2D eigenvalue weighted by Gasteiger charge is -2.16. The van der Waals surface area contributed by atoms with Gasteiger partial charge in [-0.3, -0.25) is 0 Å². The summed E-state index contributed by atoms with van der Waals surface area (Å²) in [6.45, 7) is 5.06. The molecule has 1 radical (unpaired) electrons. The zero-order valence-electron chi connectivity index (χ0n) is 10.3. The van der Waals surface area contributed by atoms with Gasteiger partial charge in [0, 0.05) is 0 Å². The molecule has 0 aliphatic heterocycles. The molecule has 0 saturated heterocycles. The van der Waals surface area contributed by atoms with Crippen LogP contribution in [0.4, 0.5) is 0 Å². The first-order valence-electron chi connectivity index (χ1n) is 4.84.